The molecule has 4 aliphatic rings. The first-order valence-electron chi connectivity index (χ1n) is 19.0. The number of likely N-dealkylation sites (N-methyl/N-ethyl adjacent to an activating group) is 1. The van der Waals surface area contributed by atoms with Crippen LogP contribution in [0.4, 0.5) is 0 Å². The normalized spacial score (nSPS) is 45.5. The molecule has 0 aromatic carbocycles. The number of hydrogen-bond donors (Lipinski definition) is 3. The summed E-state index contributed by atoms with van der Waals surface area (Å²) >= 11 is 0. The van der Waals surface area contributed by atoms with Crippen molar-refractivity contribution in [1.82, 2.24) is 15.1 Å². The molecule has 1 aliphatic carbocycles. The lowest BCUT2D eigenvalue weighted by Crippen LogP contribution is -2.61. The highest BCUT2D eigenvalue weighted by molar-refractivity contribution is 5.82. The van der Waals surface area contributed by atoms with E-state index in [-0.39, 0.29) is 48.3 Å². The van der Waals surface area contributed by atoms with Crippen LogP contribution < -0.4 is 5.32 Å². The first kappa shape index (κ1) is 41.4. The molecule has 2 amide bonds. The van der Waals surface area contributed by atoms with E-state index in [2.05, 4.69) is 19.2 Å². The molecule has 4 rings (SSSR count). The van der Waals surface area contributed by atoms with Crippen molar-refractivity contribution in [3.63, 3.8) is 0 Å². The number of nitrogens with zero attached hydrogens (tertiary/aromatic N) is 2. The molecular weight excluding hydrogens is 642 g/mol. The molecule has 0 aromatic heterocycles. The van der Waals surface area contributed by atoms with Gasteiger partial charge in [0.25, 0.3) is 0 Å². The molecule has 4 fully saturated rings. The van der Waals surface area contributed by atoms with Crippen LogP contribution in [0.5, 0.6) is 0 Å². The molecule has 0 unspecified atom stereocenters. The van der Waals surface area contributed by atoms with Gasteiger partial charge in [-0.15, -0.1) is 0 Å². The zero-order chi connectivity index (χ0) is 37.3. The molecule has 3 saturated heterocycles. The van der Waals surface area contributed by atoms with Gasteiger partial charge in [-0.05, 0) is 73.4 Å². The smallest absolute Gasteiger partial charge is 0.225 e. The van der Waals surface area contributed by atoms with E-state index in [1.54, 1.807) is 26.0 Å². The van der Waals surface area contributed by atoms with Gasteiger partial charge in [-0.2, -0.15) is 0 Å². The van der Waals surface area contributed by atoms with E-state index in [1.807, 2.05) is 53.6 Å². The van der Waals surface area contributed by atoms with Crippen molar-refractivity contribution in [2.24, 2.45) is 23.7 Å². The van der Waals surface area contributed by atoms with E-state index in [0.29, 0.717) is 25.8 Å². The van der Waals surface area contributed by atoms with Gasteiger partial charge in [0.2, 0.25) is 11.8 Å². The molecule has 0 bridgehead atoms. The van der Waals surface area contributed by atoms with Crippen LogP contribution in [-0.4, -0.2) is 133 Å². The number of carbonyl (C=O) groups is 2. The second-order valence-electron chi connectivity index (χ2n) is 17.3. The third-order valence-corrected chi connectivity index (χ3v) is 12.7. The molecular formula is C38H69N3O9. The highest BCUT2D eigenvalue weighted by Crippen LogP contribution is 2.42. The fourth-order valence-electron chi connectivity index (χ4n) is 9.25. The third kappa shape index (κ3) is 9.21. The van der Waals surface area contributed by atoms with Crippen molar-refractivity contribution < 1.29 is 43.5 Å². The minimum absolute atomic E-state index is 0.0302. The van der Waals surface area contributed by atoms with Crippen molar-refractivity contribution in [2.45, 2.75) is 173 Å². The van der Waals surface area contributed by atoms with Crippen LogP contribution in [0.2, 0.25) is 0 Å². The van der Waals surface area contributed by atoms with E-state index in [1.165, 1.54) is 0 Å². The Labute approximate surface area is 301 Å². The molecule has 3 aliphatic heterocycles. The van der Waals surface area contributed by atoms with Crippen LogP contribution in [0.3, 0.4) is 0 Å². The maximum Gasteiger partial charge on any atom is 0.225 e. The second-order valence-corrected chi connectivity index (χ2v) is 17.3. The Kier molecular flexibility index (Phi) is 13.5. The monoisotopic (exact) mass is 712 g/mol. The Morgan fingerprint density at radius 1 is 0.980 bits per heavy atom. The van der Waals surface area contributed by atoms with Gasteiger partial charge in [0.15, 0.2) is 12.6 Å². The van der Waals surface area contributed by atoms with Crippen molar-refractivity contribution in [3.05, 3.63) is 0 Å². The lowest BCUT2D eigenvalue weighted by Gasteiger charge is -2.49. The quantitative estimate of drug-likeness (QED) is 0.374. The van der Waals surface area contributed by atoms with E-state index in [0.717, 1.165) is 25.7 Å². The minimum Gasteiger partial charge on any atom is -0.387 e. The average molecular weight is 712 g/mol. The third-order valence-electron chi connectivity index (χ3n) is 12.7. The molecule has 14 atom stereocenters. The van der Waals surface area contributed by atoms with E-state index in [4.69, 9.17) is 23.7 Å². The molecule has 12 heteroatoms. The minimum atomic E-state index is -1.47. The van der Waals surface area contributed by atoms with Gasteiger partial charge in [-0.25, -0.2) is 0 Å². The predicted molar refractivity (Wildman–Crippen MR) is 190 cm³/mol. The highest BCUT2D eigenvalue weighted by Gasteiger charge is 2.51. The largest absolute Gasteiger partial charge is 0.387 e. The molecule has 1 saturated carbocycles. The molecule has 0 aromatic rings. The summed E-state index contributed by atoms with van der Waals surface area (Å²) in [7, 11) is 7.33. The maximum atomic E-state index is 14.4. The molecule has 290 valence electrons. The molecule has 3 heterocycles. The van der Waals surface area contributed by atoms with Crippen LogP contribution >= 0.6 is 0 Å². The lowest BCUT2D eigenvalue weighted by atomic mass is 9.77. The Hall–Kier alpha value is -1.38. The van der Waals surface area contributed by atoms with Gasteiger partial charge in [0.1, 0.15) is 6.10 Å². The topological polar surface area (TPSA) is 139 Å². The predicted octanol–water partition coefficient (Wildman–Crippen LogP) is 3.70. The number of carbonyl (C=O) groups excluding carboxylic acids is 2. The zero-order valence-corrected chi connectivity index (χ0v) is 32.9. The number of nitrogens with one attached hydrogen (secondary N) is 1. The standard InChI is InChI=1S/C38H69N3O9/c1-22-18-36(7,45)33(50-35-31(43)28(40(9)10)17-23(2)47-35)24(3)32(49-30-20-37(8,46-12)26(5)27(6)48-30)25(4)34(44)39-38(15-13-14-16-38)19-29(42)41(11)21-22/h22-28,30-33,35,43,45H,13-21H2,1-12H3,(H,39,44)/t22-,23-,24+,25-,26+,27+,28+,30+,31-,32+,33-,35+,36-,37-/m1/s1. The summed E-state index contributed by atoms with van der Waals surface area (Å²) in [6, 6.07) is -0.216. The molecule has 3 N–H and O–H groups in total. The number of rotatable bonds is 6. The Balaban J connectivity index is 1.78. The van der Waals surface area contributed by atoms with Crippen LogP contribution in [0.1, 0.15) is 107 Å². The number of aliphatic hydroxyl groups is 2. The summed E-state index contributed by atoms with van der Waals surface area (Å²) in [5.74, 6) is -1.53. The van der Waals surface area contributed by atoms with Crippen molar-refractivity contribution in [1.29, 1.82) is 0 Å². The van der Waals surface area contributed by atoms with Crippen LogP contribution in [-0.2, 0) is 33.3 Å². The van der Waals surface area contributed by atoms with Gasteiger partial charge in [0, 0.05) is 57.0 Å². The number of amides is 2. The van der Waals surface area contributed by atoms with Gasteiger partial charge in [0.05, 0.1) is 41.5 Å². The van der Waals surface area contributed by atoms with Gasteiger partial charge >= 0.3 is 0 Å². The Morgan fingerprint density at radius 2 is 1.62 bits per heavy atom. The Morgan fingerprint density at radius 3 is 2.22 bits per heavy atom. The Bertz CT molecular complexity index is 1150. The maximum absolute atomic E-state index is 14.4. The lowest BCUT2D eigenvalue weighted by molar-refractivity contribution is -0.313. The second kappa shape index (κ2) is 16.3. The first-order chi connectivity index (χ1) is 23.2. The van der Waals surface area contributed by atoms with E-state index >= 15 is 0 Å². The number of ether oxygens (including phenoxy) is 5. The number of aliphatic hydroxyl groups excluding tert-OH is 1. The van der Waals surface area contributed by atoms with Crippen molar-refractivity contribution >= 4 is 11.8 Å². The van der Waals surface area contributed by atoms with Gasteiger partial charge in [-0.1, -0.05) is 40.5 Å². The van der Waals surface area contributed by atoms with E-state index < -0.39 is 59.5 Å². The summed E-state index contributed by atoms with van der Waals surface area (Å²) in [6.07, 6.45) is 0.158. The summed E-state index contributed by atoms with van der Waals surface area (Å²) in [6.45, 7) is 16.1. The fourth-order valence-corrected chi connectivity index (χ4v) is 9.25. The summed E-state index contributed by atoms with van der Waals surface area (Å²) in [5.41, 5.74) is -2.62. The fraction of sp³-hybridized carbons (Fsp3) is 0.947. The average Bonchev–Trinajstić information content (AvgIpc) is 3.48. The van der Waals surface area contributed by atoms with Crippen molar-refractivity contribution in [3.8, 4) is 0 Å². The number of hydrogen-bond acceptors (Lipinski definition) is 10. The summed E-state index contributed by atoms with van der Waals surface area (Å²) < 4.78 is 32.3. The molecule has 12 nitrogen and oxygen atoms in total. The van der Waals surface area contributed by atoms with Crippen LogP contribution in [0.25, 0.3) is 0 Å². The summed E-state index contributed by atoms with van der Waals surface area (Å²) in [5, 5.41) is 27.3. The highest BCUT2D eigenvalue weighted by atomic mass is 16.7. The first-order valence-corrected chi connectivity index (χ1v) is 19.0. The summed E-state index contributed by atoms with van der Waals surface area (Å²) in [4.78, 5) is 31.7. The van der Waals surface area contributed by atoms with Crippen LogP contribution in [0.15, 0.2) is 0 Å². The van der Waals surface area contributed by atoms with Gasteiger partial charge < -0.3 is 49.0 Å². The van der Waals surface area contributed by atoms with Crippen molar-refractivity contribution in [2.75, 3.05) is 34.8 Å². The zero-order valence-electron chi connectivity index (χ0n) is 32.9. The molecule has 50 heavy (non-hydrogen) atoms. The van der Waals surface area contributed by atoms with E-state index in [9.17, 15) is 19.8 Å². The van der Waals surface area contributed by atoms with Crippen LogP contribution in [0, 0.1) is 23.7 Å². The molecule has 0 radical (unpaired) electrons. The number of methoxy groups -OCH3 is 1. The van der Waals surface area contributed by atoms with Gasteiger partial charge in [-0.3, -0.25) is 9.59 Å². The SMILES string of the molecule is CO[C@]1(C)C[C@H](O[C@H]2[C@H](C)[C@@H](O[C@@H]3O[C@H](C)C[C@H](N(C)C)[C@H]3O)[C@](C)(O)C[C@@H](C)CN(C)C(=O)CC3(CCCC3)NC(=O)[C@@H]2C)O[C@@H](C)[C@@H]1C. The molecule has 1 spiro atoms.